The van der Waals surface area contributed by atoms with Gasteiger partial charge in [-0.1, -0.05) is 0 Å². The van der Waals surface area contributed by atoms with E-state index >= 15 is 0 Å². The van der Waals surface area contributed by atoms with Gasteiger partial charge in [-0.25, -0.2) is 4.39 Å². The molecule has 1 heterocycles. The molecule has 0 aliphatic rings. The normalized spacial score (nSPS) is 10.6. The van der Waals surface area contributed by atoms with Crippen molar-refractivity contribution in [3.63, 3.8) is 0 Å². The highest BCUT2D eigenvalue weighted by Crippen LogP contribution is 2.23. The molecule has 106 valence electrons. The first-order chi connectivity index (χ1) is 9.61. The van der Waals surface area contributed by atoms with Crippen LogP contribution in [0.25, 0.3) is 0 Å². The molecule has 0 aliphatic heterocycles. The third-order valence-electron chi connectivity index (χ3n) is 2.78. The van der Waals surface area contributed by atoms with Crippen LogP contribution in [0.1, 0.15) is 10.5 Å². The number of nitrogens with one attached hydrogen (secondary N) is 1. The van der Waals surface area contributed by atoms with Crippen LogP contribution in [0.3, 0.4) is 0 Å². The summed E-state index contributed by atoms with van der Waals surface area (Å²) >= 11 is 3.27. The van der Waals surface area contributed by atoms with E-state index in [1.54, 1.807) is 36.1 Å². The van der Waals surface area contributed by atoms with Crippen molar-refractivity contribution in [2.45, 2.75) is 6.54 Å². The van der Waals surface area contributed by atoms with Crippen LogP contribution in [0.15, 0.2) is 41.0 Å². The fourth-order valence-corrected chi connectivity index (χ4v) is 2.13. The van der Waals surface area contributed by atoms with Crippen LogP contribution in [-0.2, 0) is 11.3 Å². The van der Waals surface area contributed by atoms with Crippen molar-refractivity contribution in [3.8, 4) is 0 Å². The van der Waals surface area contributed by atoms with Gasteiger partial charge in [0, 0.05) is 24.3 Å². The highest BCUT2D eigenvalue weighted by Gasteiger charge is 2.12. The molecule has 6 heteroatoms. The van der Waals surface area contributed by atoms with Crippen molar-refractivity contribution in [2.24, 2.45) is 0 Å². The van der Waals surface area contributed by atoms with Gasteiger partial charge in [-0.2, -0.15) is 0 Å². The van der Waals surface area contributed by atoms with E-state index in [0.29, 0.717) is 29.0 Å². The number of amides is 1. The molecule has 0 aliphatic carbocycles. The standard InChI is InChI=1S/C14H14BrFN2O2/c1-20-8-7-18-6-2-3-13(18)14(19)17-12-9-10(16)4-5-11(12)15/h2-6,9H,7-8H2,1H3,(H,17,19). The van der Waals surface area contributed by atoms with Crippen molar-refractivity contribution >= 4 is 27.5 Å². The predicted octanol–water partition coefficient (Wildman–Crippen LogP) is 3.29. The second-order valence-corrected chi connectivity index (χ2v) is 5.01. The second kappa shape index (κ2) is 6.67. The summed E-state index contributed by atoms with van der Waals surface area (Å²) in [4.78, 5) is 12.2. The summed E-state index contributed by atoms with van der Waals surface area (Å²) in [7, 11) is 1.60. The maximum Gasteiger partial charge on any atom is 0.272 e. The first-order valence-electron chi connectivity index (χ1n) is 6.02. The third-order valence-corrected chi connectivity index (χ3v) is 3.47. The summed E-state index contributed by atoms with van der Waals surface area (Å²) in [6.45, 7) is 1.09. The largest absolute Gasteiger partial charge is 0.383 e. The lowest BCUT2D eigenvalue weighted by molar-refractivity contribution is 0.101. The maximum absolute atomic E-state index is 13.2. The third kappa shape index (κ3) is 3.46. The molecule has 20 heavy (non-hydrogen) atoms. The van der Waals surface area contributed by atoms with Crippen LogP contribution in [-0.4, -0.2) is 24.2 Å². The molecule has 0 unspecified atom stereocenters. The summed E-state index contributed by atoms with van der Waals surface area (Å²) in [5.74, 6) is -0.698. The zero-order valence-corrected chi connectivity index (χ0v) is 12.5. The molecule has 0 atom stereocenters. The lowest BCUT2D eigenvalue weighted by Crippen LogP contribution is -2.18. The zero-order chi connectivity index (χ0) is 14.5. The summed E-state index contributed by atoms with van der Waals surface area (Å²) in [5, 5.41) is 2.68. The van der Waals surface area contributed by atoms with Crippen LogP contribution >= 0.6 is 15.9 Å². The van der Waals surface area contributed by atoms with Crippen molar-refractivity contribution in [1.29, 1.82) is 0 Å². The number of rotatable bonds is 5. The molecule has 0 saturated carbocycles. The molecule has 1 aromatic carbocycles. The van der Waals surface area contributed by atoms with Gasteiger partial charge >= 0.3 is 0 Å². The molecule has 1 aromatic heterocycles. The van der Waals surface area contributed by atoms with E-state index in [9.17, 15) is 9.18 Å². The molecular weight excluding hydrogens is 327 g/mol. The molecule has 1 amide bonds. The van der Waals surface area contributed by atoms with E-state index in [-0.39, 0.29) is 5.91 Å². The number of carbonyl (C=O) groups excluding carboxylic acids is 1. The Morgan fingerprint density at radius 3 is 3.00 bits per heavy atom. The number of hydrogen-bond donors (Lipinski definition) is 1. The Morgan fingerprint density at radius 1 is 1.45 bits per heavy atom. The number of ether oxygens (including phenoxy) is 1. The number of anilines is 1. The van der Waals surface area contributed by atoms with Gasteiger partial charge in [-0.05, 0) is 46.3 Å². The van der Waals surface area contributed by atoms with Crippen LogP contribution in [0.4, 0.5) is 10.1 Å². The number of carbonyl (C=O) groups is 1. The minimum Gasteiger partial charge on any atom is -0.383 e. The number of halogens is 2. The van der Waals surface area contributed by atoms with E-state index in [0.717, 1.165) is 0 Å². The smallest absolute Gasteiger partial charge is 0.272 e. The van der Waals surface area contributed by atoms with Crippen LogP contribution < -0.4 is 5.32 Å². The van der Waals surface area contributed by atoms with Gasteiger partial charge in [0.05, 0.1) is 12.3 Å². The number of nitrogens with zero attached hydrogens (tertiary/aromatic N) is 1. The Morgan fingerprint density at radius 2 is 2.25 bits per heavy atom. The minimum atomic E-state index is -0.404. The maximum atomic E-state index is 13.2. The van der Waals surface area contributed by atoms with Crippen LogP contribution in [0.2, 0.25) is 0 Å². The van der Waals surface area contributed by atoms with Gasteiger partial charge in [0.1, 0.15) is 11.5 Å². The molecule has 2 aromatic rings. The van der Waals surface area contributed by atoms with Crippen LogP contribution in [0, 0.1) is 5.82 Å². The highest BCUT2D eigenvalue weighted by molar-refractivity contribution is 9.10. The van der Waals surface area contributed by atoms with Gasteiger partial charge in [0.15, 0.2) is 0 Å². The molecule has 0 fully saturated rings. The quantitative estimate of drug-likeness (QED) is 0.907. The SMILES string of the molecule is COCCn1cccc1C(=O)Nc1cc(F)ccc1Br. The van der Waals surface area contributed by atoms with E-state index in [4.69, 9.17) is 4.74 Å². The second-order valence-electron chi connectivity index (χ2n) is 4.16. The monoisotopic (exact) mass is 340 g/mol. The molecule has 0 saturated heterocycles. The molecule has 4 nitrogen and oxygen atoms in total. The topological polar surface area (TPSA) is 43.3 Å². The Hall–Kier alpha value is -1.66. The van der Waals surface area contributed by atoms with Gasteiger partial charge in [0.25, 0.3) is 5.91 Å². The average molecular weight is 341 g/mol. The molecular formula is C14H14BrFN2O2. The number of hydrogen-bond acceptors (Lipinski definition) is 2. The van der Waals surface area contributed by atoms with Crippen molar-refractivity contribution < 1.29 is 13.9 Å². The van der Waals surface area contributed by atoms with Gasteiger partial charge < -0.3 is 14.6 Å². The summed E-state index contributed by atoms with van der Waals surface area (Å²) in [6, 6.07) is 7.63. The van der Waals surface area contributed by atoms with E-state index in [1.807, 2.05) is 0 Å². The number of aromatic nitrogens is 1. The zero-order valence-electron chi connectivity index (χ0n) is 10.9. The fourth-order valence-electron chi connectivity index (χ4n) is 1.78. The van der Waals surface area contributed by atoms with Gasteiger partial charge in [-0.15, -0.1) is 0 Å². The van der Waals surface area contributed by atoms with Crippen molar-refractivity contribution in [3.05, 3.63) is 52.5 Å². The van der Waals surface area contributed by atoms with Crippen molar-refractivity contribution in [1.82, 2.24) is 4.57 Å². The Balaban J connectivity index is 2.16. The van der Waals surface area contributed by atoms with E-state index in [2.05, 4.69) is 21.2 Å². The Bertz CT molecular complexity index is 613. The minimum absolute atomic E-state index is 0.294. The van der Waals surface area contributed by atoms with Gasteiger partial charge in [0.2, 0.25) is 0 Å². The summed E-state index contributed by atoms with van der Waals surface area (Å²) in [6.07, 6.45) is 1.80. The molecule has 0 spiro atoms. The van der Waals surface area contributed by atoms with E-state index < -0.39 is 5.82 Å². The Labute approximate surface area is 124 Å². The first-order valence-corrected chi connectivity index (χ1v) is 6.81. The molecule has 2 rings (SSSR count). The molecule has 1 N–H and O–H groups in total. The molecule has 0 radical (unpaired) electrons. The lowest BCUT2D eigenvalue weighted by Gasteiger charge is -2.10. The van der Waals surface area contributed by atoms with Gasteiger partial charge in [-0.3, -0.25) is 4.79 Å². The molecule has 0 bridgehead atoms. The van der Waals surface area contributed by atoms with Crippen LogP contribution in [0.5, 0.6) is 0 Å². The number of benzene rings is 1. The van der Waals surface area contributed by atoms with Crippen molar-refractivity contribution in [2.75, 3.05) is 19.0 Å². The lowest BCUT2D eigenvalue weighted by atomic mass is 10.3. The predicted molar refractivity (Wildman–Crippen MR) is 78.4 cm³/mol. The first kappa shape index (κ1) is 14.7. The average Bonchev–Trinajstić information content (AvgIpc) is 2.89. The number of methoxy groups -OCH3 is 1. The fraction of sp³-hybridized carbons (Fsp3) is 0.214. The summed E-state index contributed by atoms with van der Waals surface area (Å²) < 4.78 is 20.6. The van der Waals surface area contributed by atoms with E-state index in [1.165, 1.54) is 12.1 Å². The Kier molecular flexibility index (Phi) is 4.92. The highest BCUT2D eigenvalue weighted by atomic mass is 79.9. The summed E-state index contributed by atoms with van der Waals surface area (Å²) in [5.41, 5.74) is 0.896.